The molecule has 0 atom stereocenters. The summed E-state index contributed by atoms with van der Waals surface area (Å²) in [6.07, 6.45) is 6.12. The molecule has 0 unspecified atom stereocenters. The van der Waals surface area contributed by atoms with Crippen molar-refractivity contribution < 1.29 is 0 Å². The maximum atomic E-state index is 11.3. The van der Waals surface area contributed by atoms with Crippen molar-refractivity contribution in [1.82, 2.24) is 3.96 Å². The predicted molar refractivity (Wildman–Crippen MR) is 46.9 cm³/mol. The summed E-state index contributed by atoms with van der Waals surface area (Å²) >= 11 is 1.57. The van der Waals surface area contributed by atoms with Crippen molar-refractivity contribution in [2.45, 2.75) is 12.8 Å². The van der Waals surface area contributed by atoms with Crippen molar-refractivity contribution in [1.29, 1.82) is 0 Å². The number of nitrogens with zero attached hydrogens (tertiary/aromatic N) is 1. The van der Waals surface area contributed by atoms with E-state index in [1.807, 2.05) is 13.1 Å². The predicted octanol–water partition coefficient (Wildman–Crippen LogP) is 1.41. The molecule has 0 bridgehead atoms. The summed E-state index contributed by atoms with van der Waals surface area (Å²) in [5, 5.41) is 0. The monoisotopic (exact) mass is 167 g/mol. The summed E-state index contributed by atoms with van der Waals surface area (Å²) in [6.45, 7) is 0. The van der Waals surface area contributed by atoms with Crippen LogP contribution in [0.3, 0.4) is 0 Å². The molecule has 2 rings (SSSR count). The molecule has 0 amide bonds. The molecular formula is C8H9NOS. The number of hydrogen-bond donors (Lipinski definition) is 0. The van der Waals surface area contributed by atoms with E-state index in [2.05, 4.69) is 6.08 Å². The lowest BCUT2D eigenvalue weighted by Gasteiger charge is -1.99. The van der Waals surface area contributed by atoms with Crippen molar-refractivity contribution >= 4 is 17.6 Å². The van der Waals surface area contributed by atoms with Crippen LogP contribution in [0.4, 0.5) is 0 Å². The third-order valence-electron chi connectivity index (χ3n) is 1.89. The standard InChI is InChI=1S/C8H9NOS/c1-9-8(10)6-4-2-3-5-7(6)11-9/h2,4H,3,5H2,1H3. The molecule has 0 aliphatic heterocycles. The van der Waals surface area contributed by atoms with Gasteiger partial charge in [0.05, 0.1) is 5.56 Å². The molecule has 58 valence electrons. The average molecular weight is 167 g/mol. The van der Waals surface area contributed by atoms with Gasteiger partial charge in [-0.3, -0.25) is 8.75 Å². The van der Waals surface area contributed by atoms with Gasteiger partial charge in [0, 0.05) is 11.9 Å². The van der Waals surface area contributed by atoms with Crippen molar-refractivity contribution in [3.8, 4) is 0 Å². The quantitative estimate of drug-likeness (QED) is 0.572. The topological polar surface area (TPSA) is 22.0 Å². The lowest BCUT2D eigenvalue weighted by atomic mass is 10.1. The number of hydrogen-bond acceptors (Lipinski definition) is 2. The first kappa shape index (κ1) is 6.85. The van der Waals surface area contributed by atoms with E-state index in [9.17, 15) is 4.79 Å². The molecule has 0 aromatic carbocycles. The van der Waals surface area contributed by atoms with Gasteiger partial charge in [-0.25, -0.2) is 0 Å². The SMILES string of the molecule is Cn1sc2c(c1=O)C=CCC2. The van der Waals surface area contributed by atoms with Gasteiger partial charge >= 0.3 is 0 Å². The van der Waals surface area contributed by atoms with Crippen LogP contribution in [-0.4, -0.2) is 3.96 Å². The summed E-state index contributed by atoms with van der Waals surface area (Å²) in [5.74, 6) is 0. The second-order valence-electron chi connectivity index (χ2n) is 2.67. The zero-order valence-electron chi connectivity index (χ0n) is 6.33. The van der Waals surface area contributed by atoms with Crippen LogP contribution in [0.5, 0.6) is 0 Å². The fraction of sp³-hybridized carbons (Fsp3) is 0.375. The average Bonchev–Trinajstić information content (AvgIpc) is 2.30. The molecule has 0 saturated heterocycles. The van der Waals surface area contributed by atoms with E-state index in [4.69, 9.17) is 0 Å². The summed E-state index contributed by atoms with van der Waals surface area (Å²) in [7, 11) is 1.82. The van der Waals surface area contributed by atoms with E-state index in [0.717, 1.165) is 18.4 Å². The van der Waals surface area contributed by atoms with Crippen molar-refractivity contribution in [3.05, 3.63) is 26.9 Å². The molecule has 1 aromatic rings. The van der Waals surface area contributed by atoms with Gasteiger partial charge in [0.2, 0.25) is 0 Å². The van der Waals surface area contributed by atoms with Crippen LogP contribution in [0.15, 0.2) is 10.9 Å². The Balaban J connectivity index is 2.71. The molecule has 1 heterocycles. The van der Waals surface area contributed by atoms with Crippen molar-refractivity contribution in [2.24, 2.45) is 7.05 Å². The zero-order valence-corrected chi connectivity index (χ0v) is 7.15. The maximum absolute atomic E-state index is 11.3. The van der Waals surface area contributed by atoms with Crippen molar-refractivity contribution in [2.75, 3.05) is 0 Å². The highest BCUT2D eigenvalue weighted by atomic mass is 32.1. The first-order valence-corrected chi connectivity index (χ1v) is 4.42. The van der Waals surface area contributed by atoms with E-state index in [1.165, 1.54) is 4.88 Å². The van der Waals surface area contributed by atoms with Crippen molar-refractivity contribution in [3.63, 3.8) is 0 Å². The third-order valence-corrected chi connectivity index (χ3v) is 2.97. The summed E-state index contributed by atoms with van der Waals surface area (Å²) in [4.78, 5) is 12.6. The largest absolute Gasteiger partial charge is 0.268 e. The molecule has 1 aliphatic carbocycles. The smallest absolute Gasteiger partial charge is 0.267 e. The highest BCUT2D eigenvalue weighted by Gasteiger charge is 2.11. The number of rotatable bonds is 0. The Kier molecular flexibility index (Phi) is 1.46. The minimum Gasteiger partial charge on any atom is -0.268 e. The molecule has 1 aromatic heterocycles. The van der Waals surface area contributed by atoms with E-state index >= 15 is 0 Å². The summed E-state index contributed by atoms with van der Waals surface area (Å²) in [5.41, 5.74) is 1.06. The van der Waals surface area contributed by atoms with Gasteiger partial charge in [-0.1, -0.05) is 23.7 Å². The van der Waals surface area contributed by atoms with E-state index in [1.54, 1.807) is 15.5 Å². The Bertz CT molecular complexity index is 359. The molecule has 0 fully saturated rings. The Morgan fingerprint density at radius 2 is 2.45 bits per heavy atom. The molecule has 2 nitrogen and oxygen atoms in total. The van der Waals surface area contributed by atoms with Crippen LogP contribution in [0, 0.1) is 0 Å². The van der Waals surface area contributed by atoms with Gasteiger partial charge in [0.15, 0.2) is 0 Å². The Morgan fingerprint density at radius 1 is 1.64 bits per heavy atom. The second-order valence-corrected chi connectivity index (χ2v) is 3.89. The molecule has 3 heteroatoms. The van der Waals surface area contributed by atoms with Crippen LogP contribution in [0.2, 0.25) is 0 Å². The fourth-order valence-electron chi connectivity index (χ4n) is 1.30. The molecule has 0 radical (unpaired) electrons. The number of aryl methyl sites for hydroxylation is 2. The minimum absolute atomic E-state index is 0.154. The van der Waals surface area contributed by atoms with Crippen LogP contribution < -0.4 is 5.56 Å². The number of fused-ring (bicyclic) bond motifs is 1. The van der Waals surface area contributed by atoms with E-state index < -0.39 is 0 Å². The van der Waals surface area contributed by atoms with Gasteiger partial charge in [0.1, 0.15) is 0 Å². The Labute approximate surface area is 68.9 Å². The van der Waals surface area contributed by atoms with E-state index in [-0.39, 0.29) is 5.56 Å². The number of aromatic nitrogens is 1. The molecule has 0 N–H and O–H groups in total. The minimum atomic E-state index is 0.154. The maximum Gasteiger partial charge on any atom is 0.267 e. The highest BCUT2D eigenvalue weighted by Crippen LogP contribution is 2.19. The Morgan fingerprint density at radius 3 is 3.18 bits per heavy atom. The lowest BCUT2D eigenvalue weighted by Crippen LogP contribution is -2.11. The summed E-state index contributed by atoms with van der Waals surface area (Å²) in [6, 6.07) is 0. The zero-order chi connectivity index (χ0) is 7.84. The van der Waals surface area contributed by atoms with Gasteiger partial charge in [-0.2, -0.15) is 0 Å². The van der Waals surface area contributed by atoms with Gasteiger partial charge in [-0.05, 0) is 12.8 Å². The molecule has 0 spiro atoms. The third kappa shape index (κ3) is 0.959. The van der Waals surface area contributed by atoms with Crippen LogP contribution in [0.1, 0.15) is 16.9 Å². The highest BCUT2D eigenvalue weighted by molar-refractivity contribution is 7.06. The lowest BCUT2D eigenvalue weighted by molar-refractivity contribution is 0.972. The van der Waals surface area contributed by atoms with Gasteiger partial charge in [-0.15, -0.1) is 0 Å². The van der Waals surface area contributed by atoms with Gasteiger partial charge in [0.25, 0.3) is 5.56 Å². The number of allylic oxidation sites excluding steroid dienone is 1. The first-order valence-electron chi connectivity index (χ1n) is 3.65. The fourth-order valence-corrected chi connectivity index (χ4v) is 2.28. The molecule has 0 saturated carbocycles. The first-order chi connectivity index (χ1) is 5.29. The van der Waals surface area contributed by atoms with Gasteiger partial charge < -0.3 is 0 Å². The van der Waals surface area contributed by atoms with Crippen LogP contribution >= 0.6 is 11.5 Å². The van der Waals surface area contributed by atoms with Crippen LogP contribution in [0.25, 0.3) is 6.08 Å². The summed E-state index contributed by atoms with van der Waals surface area (Å²) < 4.78 is 1.69. The molecule has 11 heavy (non-hydrogen) atoms. The second kappa shape index (κ2) is 2.34. The normalized spacial score (nSPS) is 15.0. The Hall–Kier alpha value is -0.830. The molecule has 1 aliphatic rings. The van der Waals surface area contributed by atoms with E-state index in [0.29, 0.717) is 0 Å². The molecular weight excluding hydrogens is 158 g/mol. The van der Waals surface area contributed by atoms with Crippen LogP contribution in [-0.2, 0) is 13.5 Å².